The Morgan fingerprint density at radius 1 is 1.14 bits per heavy atom. The van der Waals surface area contributed by atoms with E-state index in [1.54, 1.807) is 29.8 Å². The quantitative estimate of drug-likeness (QED) is 0.641. The molecule has 0 radical (unpaired) electrons. The number of ether oxygens (including phenoxy) is 1. The maximum atomic E-state index is 11.9. The van der Waals surface area contributed by atoms with Gasteiger partial charge in [0.1, 0.15) is 12.3 Å². The van der Waals surface area contributed by atoms with Crippen molar-refractivity contribution in [2.45, 2.75) is 6.92 Å². The molecular formula is C20H20N4O4. The molecule has 8 heteroatoms. The van der Waals surface area contributed by atoms with Crippen molar-refractivity contribution in [3.05, 3.63) is 54.1 Å². The van der Waals surface area contributed by atoms with Gasteiger partial charge in [0.15, 0.2) is 12.3 Å². The number of para-hydroxylation sites is 2. The molecule has 0 bridgehead atoms. The van der Waals surface area contributed by atoms with Crippen LogP contribution >= 0.6 is 0 Å². The second-order valence-corrected chi connectivity index (χ2v) is 6.17. The summed E-state index contributed by atoms with van der Waals surface area (Å²) in [7, 11) is 1.69. The molecule has 0 saturated heterocycles. The first-order valence-electron chi connectivity index (χ1n) is 8.63. The Morgan fingerprint density at radius 2 is 1.86 bits per heavy atom. The number of hydrogen-bond acceptors (Lipinski definition) is 5. The maximum Gasteiger partial charge on any atom is 0.283 e. The summed E-state index contributed by atoms with van der Waals surface area (Å²) < 4.78 is 6.97. The van der Waals surface area contributed by atoms with Crippen molar-refractivity contribution in [2.24, 2.45) is 17.3 Å². The maximum absolute atomic E-state index is 11.9. The van der Waals surface area contributed by atoms with Gasteiger partial charge in [-0.25, -0.2) is 0 Å². The van der Waals surface area contributed by atoms with Crippen LogP contribution in [0.3, 0.4) is 0 Å². The highest BCUT2D eigenvalue weighted by molar-refractivity contribution is 5.95. The van der Waals surface area contributed by atoms with E-state index in [0.29, 0.717) is 11.1 Å². The van der Waals surface area contributed by atoms with E-state index >= 15 is 0 Å². The smallest absolute Gasteiger partial charge is 0.283 e. The number of aromatic hydroxyl groups is 1. The molecule has 2 aromatic carbocycles. The van der Waals surface area contributed by atoms with Gasteiger partial charge in [0.05, 0.1) is 5.52 Å². The van der Waals surface area contributed by atoms with E-state index in [9.17, 15) is 14.7 Å². The minimum atomic E-state index is -0.642. The zero-order chi connectivity index (χ0) is 20.1. The molecule has 1 heterocycles. The first-order chi connectivity index (χ1) is 13.5. The molecule has 3 aromatic rings. The Morgan fingerprint density at radius 3 is 2.64 bits per heavy atom. The van der Waals surface area contributed by atoms with E-state index in [-0.39, 0.29) is 24.7 Å². The molecule has 0 aliphatic carbocycles. The number of nitrogens with one attached hydrogen (secondary N) is 1. The Bertz CT molecular complexity index is 1060. The van der Waals surface area contributed by atoms with Crippen molar-refractivity contribution in [1.82, 2.24) is 9.88 Å². The molecule has 0 unspecified atom stereocenters. The number of aromatic nitrogens is 1. The van der Waals surface area contributed by atoms with Crippen LogP contribution in [0, 0.1) is 6.92 Å². The van der Waals surface area contributed by atoms with Crippen LogP contribution in [0.1, 0.15) is 5.56 Å². The minimum Gasteiger partial charge on any atom is -0.493 e. The van der Waals surface area contributed by atoms with Gasteiger partial charge in [0.2, 0.25) is 5.88 Å². The number of azo groups is 1. The number of carbonyl (C=O) groups is 2. The van der Waals surface area contributed by atoms with Crippen LogP contribution in [-0.2, 0) is 16.6 Å². The summed E-state index contributed by atoms with van der Waals surface area (Å²) in [5, 5.41) is 20.7. The number of amides is 2. The van der Waals surface area contributed by atoms with Crippen LogP contribution in [-0.4, -0.2) is 34.6 Å². The van der Waals surface area contributed by atoms with Crippen LogP contribution < -0.4 is 10.1 Å². The Hall–Kier alpha value is -3.68. The summed E-state index contributed by atoms with van der Waals surface area (Å²) in [4.78, 5) is 23.7. The lowest BCUT2D eigenvalue weighted by Crippen LogP contribution is -2.32. The van der Waals surface area contributed by atoms with Gasteiger partial charge in [0.25, 0.3) is 11.8 Å². The second-order valence-electron chi connectivity index (χ2n) is 6.17. The first-order valence-corrected chi connectivity index (χ1v) is 8.63. The summed E-state index contributed by atoms with van der Waals surface area (Å²) in [6.45, 7) is 1.35. The molecule has 0 aliphatic rings. The summed E-state index contributed by atoms with van der Waals surface area (Å²) in [6.07, 6.45) is 0. The molecule has 28 heavy (non-hydrogen) atoms. The Balaban J connectivity index is 1.55. The summed E-state index contributed by atoms with van der Waals surface area (Å²) >= 11 is 0. The van der Waals surface area contributed by atoms with Crippen LogP contribution in [0.2, 0.25) is 0 Å². The Labute approximate surface area is 161 Å². The van der Waals surface area contributed by atoms with Crippen LogP contribution in [0.5, 0.6) is 11.6 Å². The molecule has 1 aromatic heterocycles. The van der Waals surface area contributed by atoms with Gasteiger partial charge in [-0.15, -0.1) is 10.2 Å². The average molecular weight is 380 g/mol. The second kappa shape index (κ2) is 8.34. The van der Waals surface area contributed by atoms with E-state index < -0.39 is 11.8 Å². The third-order valence-corrected chi connectivity index (χ3v) is 4.20. The highest BCUT2D eigenvalue weighted by Crippen LogP contribution is 2.37. The lowest BCUT2D eigenvalue weighted by atomic mass is 10.2. The number of nitrogens with zero attached hydrogens (tertiary/aromatic N) is 3. The summed E-state index contributed by atoms with van der Waals surface area (Å²) in [5.74, 6) is -0.570. The van der Waals surface area contributed by atoms with Gasteiger partial charge in [-0.05, 0) is 24.6 Å². The third-order valence-electron chi connectivity index (χ3n) is 4.20. The van der Waals surface area contributed by atoms with E-state index in [2.05, 4.69) is 15.5 Å². The number of hydrogen-bond donors (Lipinski definition) is 2. The van der Waals surface area contributed by atoms with E-state index in [4.69, 9.17) is 4.74 Å². The molecule has 2 N–H and O–H groups in total. The van der Waals surface area contributed by atoms with Crippen molar-refractivity contribution >= 4 is 28.4 Å². The molecular weight excluding hydrogens is 360 g/mol. The van der Waals surface area contributed by atoms with Gasteiger partial charge in [0, 0.05) is 12.4 Å². The average Bonchev–Trinajstić information content (AvgIpc) is 2.94. The molecule has 8 nitrogen and oxygen atoms in total. The molecule has 2 amide bonds. The Kier molecular flexibility index (Phi) is 5.69. The molecule has 3 rings (SSSR count). The standard InChI is InChI=1S/C20H20N4O4/c1-13-7-3-6-10-16(13)28-12-18(26)21-11-17(25)22-23-19-14-8-4-5-9-15(14)24(2)20(19)27/h3-10,27H,11-12H2,1-2H3,(H,21,26). The molecule has 0 atom stereocenters. The fourth-order valence-electron chi connectivity index (χ4n) is 2.69. The van der Waals surface area contributed by atoms with Crippen molar-refractivity contribution in [1.29, 1.82) is 0 Å². The van der Waals surface area contributed by atoms with Crippen LogP contribution in [0.4, 0.5) is 5.69 Å². The predicted octanol–water partition coefficient (Wildman–Crippen LogP) is 3.00. The lowest BCUT2D eigenvalue weighted by Gasteiger charge is -2.08. The number of fused-ring (bicyclic) bond motifs is 1. The topological polar surface area (TPSA) is 105 Å². The fraction of sp³-hybridized carbons (Fsp3) is 0.200. The van der Waals surface area contributed by atoms with Crippen molar-refractivity contribution in [3.63, 3.8) is 0 Å². The van der Waals surface area contributed by atoms with Gasteiger partial charge in [-0.3, -0.25) is 9.59 Å². The van der Waals surface area contributed by atoms with Gasteiger partial charge in [-0.1, -0.05) is 36.4 Å². The molecule has 0 aliphatic heterocycles. The van der Waals surface area contributed by atoms with Crippen molar-refractivity contribution in [3.8, 4) is 11.6 Å². The molecule has 0 spiro atoms. The lowest BCUT2D eigenvalue weighted by molar-refractivity contribution is -0.126. The first kappa shape index (κ1) is 19.1. The van der Waals surface area contributed by atoms with E-state index in [1.165, 1.54) is 0 Å². The minimum absolute atomic E-state index is 0.0894. The van der Waals surface area contributed by atoms with Gasteiger partial charge in [-0.2, -0.15) is 0 Å². The van der Waals surface area contributed by atoms with Crippen LogP contribution in [0.15, 0.2) is 58.8 Å². The largest absolute Gasteiger partial charge is 0.493 e. The van der Waals surface area contributed by atoms with Gasteiger partial charge >= 0.3 is 0 Å². The number of rotatable bonds is 6. The summed E-state index contributed by atoms with van der Waals surface area (Å²) in [5.41, 5.74) is 1.89. The van der Waals surface area contributed by atoms with Gasteiger partial charge < -0.3 is 19.7 Å². The highest BCUT2D eigenvalue weighted by atomic mass is 16.5. The van der Waals surface area contributed by atoms with Crippen LogP contribution in [0.25, 0.3) is 10.9 Å². The molecule has 144 valence electrons. The number of carbonyl (C=O) groups excluding carboxylic acids is 2. The number of benzene rings is 2. The summed E-state index contributed by atoms with van der Waals surface area (Å²) in [6, 6.07) is 14.6. The predicted molar refractivity (Wildman–Crippen MR) is 104 cm³/mol. The molecule has 0 saturated carbocycles. The normalized spacial score (nSPS) is 11.1. The van der Waals surface area contributed by atoms with E-state index in [0.717, 1.165) is 11.1 Å². The van der Waals surface area contributed by atoms with E-state index in [1.807, 2.05) is 37.3 Å². The zero-order valence-corrected chi connectivity index (χ0v) is 15.5. The zero-order valence-electron chi connectivity index (χ0n) is 15.5. The monoisotopic (exact) mass is 380 g/mol. The SMILES string of the molecule is Cc1ccccc1OCC(=O)NCC(=O)N=Nc1c(O)n(C)c2ccccc12. The molecule has 0 fully saturated rings. The van der Waals surface area contributed by atoms with Crippen molar-refractivity contribution in [2.75, 3.05) is 13.2 Å². The fourth-order valence-corrected chi connectivity index (χ4v) is 2.69. The van der Waals surface area contributed by atoms with Crippen molar-refractivity contribution < 1.29 is 19.4 Å². The number of aryl methyl sites for hydroxylation is 2. The third kappa shape index (κ3) is 4.17. The highest BCUT2D eigenvalue weighted by Gasteiger charge is 2.14.